The molecule has 0 aromatic heterocycles. The summed E-state index contributed by atoms with van der Waals surface area (Å²) in [7, 11) is 0. The van der Waals surface area contributed by atoms with E-state index in [9.17, 15) is 9.59 Å². The molecule has 4 aliphatic carbocycles. The lowest BCUT2D eigenvalue weighted by atomic mass is 9.45. The first kappa shape index (κ1) is 18.0. The van der Waals surface area contributed by atoms with Crippen LogP contribution in [0.15, 0.2) is 0 Å². The van der Waals surface area contributed by atoms with Crippen molar-refractivity contribution >= 4 is 27.6 Å². The highest BCUT2D eigenvalue weighted by atomic mass is 79.9. The minimum absolute atomic E-state index is 0.0662. The van der Waals surface area contributed by atoms with Crippen LogP contribution in [0.4, 0.5) is 0 Å². The van der Waals surface area contributed by atoms with E-state index in [0.717, 1.165) is 37.0 Å². The minimum Gasteiger partial charge on any atom is -0.353 e. The number of rotatable bonds is 1. The number of Topliss-reactive ketones (excluding diaryl/α,β-unsaturated/α-hetero) is 1. The van der Waals surface area contributed by atoms with E-state index in [0.29, 0.717) is 23.2 Å². The molecule has 1 amide bonds. The Bertz CT molecular complexity index is 592. The summed E-state index contributed by atoms with van der Waals surface area (Å²) in [6.45, 7) is 6.58. The molecule has 4 rings (SSSR count). The lowest BCUT2D eigenvalue weighted by Gasteiger charge is -2.60. The number of halogens is 1. The van der Waals surface area contributed by atoms with Crippen molar-refractivity contribution in [1.29, 1.82) is 0 Å². The van der Waals surface area contributed by atoms with Gasteiger partial charge in [-0.05, 0) is 79.4 Å². The second kappa shape index (κ2) is 6.07. The van der Waals surface area contributed by atoms with Gasteiger partial charge in [-0.3, -0.25) is 9.59 Å². The summed E-state index contributed by atoms with van der Waals surface area (Å²) in [5.74, 6) is 3.42. The third-order valence-corrected chi connectivity index (χ3v) is 9.69. The van der Waals surface area contributed by atoms with Crippen LogP contribution in [0.2, 0.25) is 0 Å². The molecule has 25 heavy (non-hydrogen) atoms. The van der Waals surface area contributed by atoms with Gasteiger partial charge in [-0.2, -0.15) is 0 Å². The quantitative estimate of drug-likeness (QED) is 0.648. The van der Waals surface area contributed by atoms with Gasteiger partial charge in [-0.1, -0.05) is 29.8 Å². The summed E-state index contributed by atoms with van der Waals surface area (Å²) in [6, 6.07) is 0.360. The number of fused-ring (bicyclic) bond motifs is 5. The second-order valence-electron chi connectivity index (χ2n) is 9.87. The molecular weight excluding hydrogens is 378 g/mol. The zero-order chi connectivity index (χ0) is 18.0. The molecule has 3 nitrogen and oxygen atoms in total. The van der Waals surface area contributed by atoms with E-state index in [2.05, 4.69) is 35.1 Å². The van der Waals surface area contributed by atoms with Gasteiger partial charge in [-0.25, -0.2) is 0 Å². The first-order valence-electron chi connectivity index (χ1n) is 10.2. The van der Waals surface area contributed by atoms with E-state index in [1.807, 2.05) is 0 Å². The number of alkyl halides is 1. The first-order valence-corrected chi connectivity index (χ1v) is 11.1. The monoisotopic (exact) mass is 409 g/mol. The highest BCUT2D eigenvalue weighted by Gasteiger charge is 2.61. The van der Waals surface area contributed by atoms with Crippen molar-refractivity contribution in [2.75, 3.05) is 0 Å². The topological polar surface area (TPSA) is 46.2 Å². The van der Waals surface area contributed by atoms with Gasteiger partial charge in [0, 0.05) is 19.4 Å². The third-order valence-electron chi connectivity index (χ3n) is 8.86. The molecule has 0 spiro atoms. The predicted octanol–water partition coefficient (Wildman–Crippen LogP) is 4.48. The van der Waals surface area contributed by atoms with Gasteiger partial charge < -0.3 is 5.32 Å². The Hall–Kier alpha value is -0.380. The van der Waals surface area contributed by atoms with Crippen molar-refractivity contribution in [2.24, 2.45) is 34.5 Å². The SMILES string of the molecule is CC(=O)N[C@H]1CC[C@H]2[C@@H]3CC[C@H]4CC(=O)[C@H](Br)C[C@]4(C)[C@H]3CC[C@]12C. The van der Waals surface area contributed by atoms with Gasteiger partial charge in [0.05, 0.1) is 4.83 Å². The molecule has 0 unspecified atom stereocenters. The number of hydrogen-bond acceptors (Lipinski definition) is 2. The molecule has 4 aliphatic rings. The molecule has 140 valence electrons. The molecular formula is C21H32BrNO2. The minimum atomic E-state index is 0.0662. The number of amides is 1. The predicted molar refractivity (Wildman–Crippen MR) is 102 cm³/mol. The molecule has 0 heterocycles. The number of carbonyl (C=O) groups is 2. The van der Waals surface area contributed by atoms with E-state index >= 15 is 0 Å². The number of hydrogen-bond donors (Lipinski definition) is 1. The lowest BCUT2D eigenvalue weighted by molar-refractivity contribution is -0.137. The van der Waals surface area contributed by atoms with E-state index in [-0.39, 0.29) is 16.1 Å². The lowest BCUT2D eigenvalue weighted by Crippen LogP contribution is -2.57. The zero-order valence-electron chi connectivity index (χ0n) is 15.8. The fourth-order valence-electron chi connectivity index (χ4n) is 7.54. The van der Waals surface area contributed by atoms with Crippen molar-refractivity contribution < 1.29 is 9.59 Å². The Kier molecular flexibility index (Phi) is 4.37. The number of nitrogens with one attached hydrogen (secondary N) is 1. The van der Waals surface area contributed by atoms with Crippen molar-refractivity contribution in [3.8, 4) is 0 Å². The van der Waals surface area contributed by atoms with Crippen molar-refractivity contribution in [1.82, 2.24) is 5.32 Å². The summed E-state index contributed by atoms with van der Waals surface area (Å²) in [4.78, 5) is 24.0. The maximum absolute atomic E-state index is 12.2. The van der Waals surface area contributed by atoms with Crippen LogP contribution in [-0.2, 0) is 9.59 Å². The molecule has 0 radical (unpaired) electrons. The average molecular weight is 410 g/mol. The van der Waals surface area contributed by atoms with Crippen molar-refractivity contribution in [3.63, 3.8) is 0 Å². The smallest absolute Gasteiger partial charge is 0.217 e. The normalized spacial score (nSPS) is 52.1. The van der Waals surface area contributed by atoms with Crippen LogP contribution < -0.4 is 5.32 Å². The van der Waals surface area contributed by atoms with Crippen LogP contribution in [0, 0.1) is 34.5 Å². The molecule has 0 aromatic rings. The second-order valence-corrected chi connectivity index (χ2v) is 11.0. The molecule has 0 aliphatic heterocycles. The highest BCUT2D eigenvalue weighted by Crippen LogP contribution is 2.66. The zero-order valence-corrected chi connectivity index (χ0v) is 17.4. The molecule has 4 fully saturated rings. The van der Waals surface area contributed by atoms with Crippen molar-refractivity contribution in [3.05, 3.63) is 0 Å². The molecule has 1 N–H and O–H groups in total. The Morgan fingerprint density at radius 2 is 1.80 bits per heavy atom. The Labute approximate surface area is 160 Å². The van der Waals surface area contributed by atoms with Crippen LogP contribution >= 0.6 is 15.9 Å². The van der Waals surface area contributed by atoms with Crippen LogP contribution in [0.1, 0.15) is 72.1 Å². The Morgan fingerprint density at radius 1 is 1.08 bits per heavy atom. The standard InChI is InChI=1S/C21H32BrNO2/c1-12(24)23-19-7-6-15-14-5-4-13-10-18(25)17(22)11-21(13,3)16(14)8-9-20(15,19)2/h13-17,19H,4-11H2,1-3H3,(H,23,24)/t13-,14-,15-,16-,17+,19-,20-,21-/m0/s1. The van der Waals surface area contributed by atoms with Crippen LogP contribution in [-0.4, -0.2) is 22.6 Å². The van der Waals surface area contributed by atoms with Gasteiger partial charge >= 0.3 is 0 Å². The summed E-state index contributed by atoms with van der Waals surface area (Å²) in [5, 5.41) is 3.26. The first-order chi connectivity index (χ1) is 11.8. The van der Waals surface area contributed by atoms with Crippen molar-refractivity contribution in [2.45, 2.75) is 83.0 Å². The van der Waals surface area contributed by atoms with Gasteiger partial charge in [0.25, 0.3) is 0 Å². The summed E-state index contributed by atoms with van der Waals surface area (Å²) in [6.07, 6.45) is 9.23. The van der Waals surface area contributed by atoms with Gasteiger partial charge in [-0.15, -0.1) is 0 Å². The number of ketones is 1. The maximum Gasteiger partial charge on any atom is 0.217 e. The van der Waals surface area contributed by atoms with Crippen LogP contribution in [0.25, 0.3) is 0 Å². The fourth-order valence-corrected chi connectivity index (χ4v) is 8.43. The van der Waals surface area contributed by atoms with E-state index in [4.69, 9.17) is 0 Å². The molecule has 8 atom stereocenters. The van der Waals surface area contributed by atoms with E-state index < -0.39 is 0 Å². The van der Waals surface area contributed by atoms with Gasteiger partial charge in [0.1, 0.15) is 5.78 Å². The average Bonchev–Trinajstić information content (AvgIpc) is 2.85. The van der Waals surface area contributed by atoms with E-state index in [1.165, 1.54) is 32.1 Å². The molecule has 0 aromatic carbocycles. The fraction of sp³-hybridized carbons (Fsp3) is 0.905. The van der Waals surface area contributed by atoms with Gasteiger partial charge in [0.15, 0.2) is 0 Å². The molecule has 4 saturated carbocycles. The number of carbonyl (C=O) groups excluding carboxylic acids is 2. The third kappa shape index (κ3) is 2.64. The van der Waals surface area contributed by atoms with Crippen LogP contribution in [0.5, 0.6) is 0 Å². The Morgan fingerprint density at radius 3 is 2.52 bits per heavy atom. The summed E-state index contributed by atoms with van der Waals surface area (Å²) >= 11 is 3.67. The summed E-state index contributed by atoms with van der Waals surface area (Å²) in [5.41, 5.74) is 0.590. The Balaban J connectivity index is 1.59. The van der Waals surface area contributed by atoms with Gasteiger partial charge in [0.2, 0.25) is 5.91 Å². The molecule has 4 heteroatoms. The highest BCUT2D eigenvalue weighted by molar-refractivity contribution is 9.10. The largest absolute Gasteiger partial charge is 0.353 e. The van der Waals surface area contributed by atoms with E-state index in [1.54, 1.807) is 6.92 Å². The molecule has 0 saturated heterocycles. The summed E-state index contributed by atoms with van der Waals surface area (Å²) < 4.78 is 0. The maximum atomic E-state index is 12.2. The molecule has 0 bridgehead atoms. The van der Waals surface area contributed by atoms with Crippen LogP contribution in [0.3, 0.4) is 0 Å².